The van der Waals surface area contributed by atoms with Crippen molar-refractivity contribution in [2.45, 2.75) is 32.1 Å². The Hall–Kier alpha value is -1.83. The number of amides is 1. The first-order valence-electron chi connectivity index (χ1n) is 6.89. The van der Waals surface area contributed by atoms with Gasteiger partial charge in [-0.2, -0.15) is 10.4 Å². The molecule has 1 amide bonds. The van der Waals surface area contributed by atoms with Crippen molar-refractivity contribution in [2.24, 2.45) is 24.8 Å². The third-order valence-corrected chi connectivity index (χ3v) is 4.65. The summed E-state index contributed by atoms with van der Waals surface area (Å²) >= 11 is 0. The number of fused-ring (bicyclic) bond motifs is 2. The van der Waals surface area contributed by atoms with Crippen molar-refractivity contribution < 1.29 is 4.79 Å². The summed E-state index contributed by atoms with van der Waals surface area (Å²) in [6, 6.07) is 2.04. The minimum absolute atomic E-state index is 0.0117. The van der Waals surface area contributed by atoms with Gasteiger partial charge in [-0.1, -0.05) is 6.42 Å². The van der Waals surface area contributed by atoms with Crippen molar-refractivity contribution >= 4 is 11.7 Å². The molecule has 0 spiro atoms. The molecule has 3 unspecified atom stereocenters. The molecule has 1 heterocycles. The Balaban J connectivity index is 1.63. The summed E-state index contributed by atoms with van der Waals surface area (Å²) < 4.78 is 1.54. The van der Waals surface area contributed by atoms with Crippen molar-refractivity contribution in [1.29, 1.82) is 5.26 Å². The molecular weight excluding hydrogens is 240 g/mol. The second kappa shape index (κ2) is 4.69. The zero-order chi connectivity index (χ0) is 13.4. The summed E-state index contributed by atoms with van der Waals surface area (Å²) in [5.74, 6) is 2.66. The first-order chi connectivity index (χ1) is 9.17. The van der Waals surface area contributed by atoms with Crippen LogP contribution in [0, 0.1) is 29.1 Å². The molecule has 1 aromatic rings. The second-order valence-electron chi connectivity index (χ2n) is 5.83. The van der Waals surface area contributed by atoms with Crippen LogP contribution in [-0.4, -0.2) is 15.7 Å². The Bertz CT molecular complexity index is 542. The highest BCUT2D eigenvalue weighted by Gasteiger charge is 2.40. The summed E-state index contributed by atoms with van der Waals surface area (Å²) in [4.78, 5) is 12.1. The number of aryl methyl sites for hydroxylation is 1. The first-order valence-corrected chi connectivity index (χ1v) is 6.89. The van der Waals surface area contributed by atoms with E-state index in [1.807, 2.05) is 6.07 Å². The number of hydrogen-bond donors (Lipinski definition) is 1. The molecule has 2 bridgehead atoms. The Morgan fingerprint density at radius 1 is 1.58 bits per heavy atom. The van der Waals surface area contributed by atoms with Gasteiger partial charge < -0.3 is 5.32 Å². The molecule has 2 aliphatic carbocycles. The van der Waals surface area contributed by atoms with E-state index in [0.717, 1.165) is 11.8 Å². The first kappa shape index (κ1) is 12.2. The van der Waals surface area contributed by atoms with E-state index in [1.165, 1.54) is 36.6 Å². The van der Waals surface area contributed by atoms with Crippen LogP contribution in [0.3, 0.4) is 0 Å². The van der Waals surface area contributed by atoms with Crippen molar-refractivity contribution in [3.63, 3.8) is 0 Å². The highest BCUT2D eigenvalue weighted by molar-refractivity contribution is 5.91. The molecule has 1 N–H and O–H groups in total. The minimum Gasteiger partial charge on any atom is -0.310 e. The van der Waals surface area contributed by atoms with E-state index in [-0.39, 0.29) is 5.91 Å². The van der Waals surface area contributed by atoms with Crippen molar-refractivity contribution in [2.75, 3.05) is 5.32 Å². The fourth-order valence-electron chi connectivity index (χ4n) is 3.72. The van der Waals surface area contributed by atoms with Crippen molar-refractivity contribution in [1.82, 2.24) is 9.78 Å². The van der Waals surface area contributed by atoms with Crippen LogP contribution in [0.5, 0.6) is 0 Å². The van der Waals surface area contributed by atoms with Crippen molar-refractivity contribution in [3.05, 3.63) is 11.8 Å². The molecule has 2 aliphatic rings. The number of carbonyl (C=O) groups excluding carboxylic acids is 1. The van der Waals surface area contributed by atoms with Gasteiger partial charge in [-0.3, -0.25) is 9.48 Å². The fourth-order valence-corrected chi connectivity index (χ4v) is 3.72. The molecule has 0 radical (unpaired) electrons. The van der Waals surface area contributed by atoms with Gasteiger partial charge >= 0.3 is 0 Å². The highest BCUT2D eigenvalue weighted by Crippen LogP contribution is 2.49. The molecule has 5 nitrogen and oxygen atoms in total. The lowest BCUT2D eigenvalue weighted by Crippen LogP contribution is -2.21. The van der Waals surface area contributed by atoms with Gasteiger partial charge in [0.05, 0.1) is 6.20 Å². The number of nitrogens with zero attached hydrogens (tertiary/aromatic N) is 3. The molecule has 5 heteroatoms. The van der Waals surface area contributed by atoms with Gasteiger partial charge in [-0.25, -0.2) is 0 Å². The fraction of sp³-hybridized carbons (Fsp3) is 0.643. The molecule has 0 aliphatic heterocycles. The molecule has 2 saturated carbocycles. The van der Waals surface area contributed by atoms with Gasteiger partial charge in [0.2, 0.25) is 5.91 Å². The Morgan fingerprint density at radius 2 is 2.42 bits per heavy atom. The van der Waals surface area contributed by atoms with E-state index < -0.39 is 0 Å². The van der Waals surface area contributed by atoms with Crippen LogP contribution in [0.25, 0.3) is 0 Å². The molecule has 0 saturated heterocycles. The maximum atomic E-state index is 12.1. The number of nitrogens with one attached hydrogen (secondary N) is 1. The van der Waals surface area contributed by atoms with E-state index in [0.29, 0.717) is 23.7 Å². The highest BCUT2D eigenvalue weighted by atomic mass is 16.1. The van der Waals surface area contributed by atoms with E-state index in [9.17, 15) is 4.79 Å². The number of nitriles is 1. The van der Waals surface area contributed by atoms with E-state index in [4.69, 9.17) is 5.26 Å². The number of rotatable bonds is 3. The predicted molar refractivity (Wildman–Crippen MR) is 70.1 cm³/mol. The maximum Gasteiger partial charge on any atom is 0.225 e. The van der Waals surface area contributed by atoms with Crippen LogP contribution < -0.4 is 5.32 Å². The van der Waals surface area contributed by atoms with Crippen LogP contribution in [0.2, 0.25) is 0 Å². The Kier molecular flexibility index (Phi) is 3.02. The lowest BCUT2D eigenvalue weighted by Gasteiger charge is -2.20. The van der Waals surface area contributed by atoms with E-state index in [2.05, 4.69) is 10.4 Å². The third kappa shape index (κ3) is 2.23. The zero-order valence-corrected chi connectivity index (χ0v) is 11.1. The molecule has 2 fully saturated rings. The third-order valence-electron chi connectivity index (χ3n) is 4.65. The SMILES string of the molecule is Cn1ncc(C#N)c1NC(=O)CC1CC2CCC1C2. The Morgan fingerprint density at radius 3 is 3.05 bits per heavy atom. The normalized spacial score (nSPS) is 28.3. The van der Waals surface area contributed by atoms with E-state index >= 15 is 0 Å². The molecule has 1 aromatic heterocycles. The van der Waals surface area contributed by atoms with Gasteiger partial charge in [0.25, 0.3) is 0 Å². The summed E-state index contributed by atoms with van der Waals surface area (Å²) in [6.45, 7) is 0. The maximum absolute atomic E-state index is 12.1. The minimum atomic E-state index is 0.0117. The van der Waals surface area contributed by atoms with Crippen LogP contribution in [-0.2, 0) is 11.8 Å². The summed E-state index contributed by atoms with van der Waals surface area (Å²) in [7, 11) is 1.73. The number of hydrogen-bond acceptors (Lipinski definition) is 3. The summed E-state index contributed by atoms with van der Waals surface area (Å²) in [6.07, 6.45) is 7.22. The second-order valence-corrected chi connectivity index (χ2v) is 5.83. The van der Waals surface area contributed by atoms with Gasteiger partial charge in [-0.05, 0) is 37.0 Å². The van der Waals surface area contributed by atoms with Crippen LogP contribution in [0.4, 0.5) is 5.82 Å². The van der Waals surface area contributed by atoms with Crippen LogP contribution in [0.15, 0.2) is 6.20 Å². The molecule has 19 heavy (non-hydrogen) atoms. The largest absolute Gasteiger partial charge is 0.310 e. The average molecular weight is 258 g/mol. The van der Waals surface area contributed by atoms with Crippen LogP contribution in [0.1, 0.15) is 37.7 Å². The monoisotopic (exact) mass is 258 g/mol. The average Bonchev–Trinajstić information content (AvgIpc) is 3.07. The van der Waals surface area contributed by atoms with Gasteiger partial charge in [0.15, 0.2) is 0 Å². The quantitative estimate of drug-likeness (QED) is 0.902. The summed E-state index contributed by atoms with van der Waals surface area (Å²) in [5.41, 5.74) is 0.420. The van der Waals surface area contributed by atoms with Crippen LogP contribution >= 0.6 is 0 Å². The number of aromatic nitrogens is 2. The zero-order valence-electron chi connectivity index (χ0n) is 11.1. The number of carbonyl (C=O) groups is 1. The van der Waals surface area contributed by atoms with Gasteiger partial charge in [0, 0.05) is 13.5 Å². The standard InChI is InChI=1S/C14H18N4O/c1-18-14(12(7-15)8-16-18)17-13(19)6-11-5-9-2-3-10(11)4-9/h8-11H,2-6H2,1H3,(H,17,19). The summed E-state index contributed by atoms with van der Waals surface area (Å²) in [5, 5.41) is 15.8. The predicted octanol–water partition coefficient (Wildman–Crippen LogP) is 2.06. The Labute approximate surface area is 112 Å². The molecular formula is C14H18N4O. The number of anilines is 1. The molecule has 100 valence electrons. The molecule has 3 rings (SSSR count). The molecule has 0 aromatic carbocycles. The van der Waals surface area contributed by atoms with Crippen molar-refractivity contribution in [3.8, 4) is 6.07 Å². The van der Waals surface area contributed by atoms with E-state index in [1.54, 1.807) is 7.05 Å². The lowest BCUT2D eigenvalue weighted by atomic mass is 9.86. The smallest absolute Gasteiger partial charge is 0.225 e. The topological polar surface area (TPSA) is 70.7 Å². The lowest BCUT2D eigenvalue weighted by molar-refractivity contribution is -0.117. The van der Waals surface area contributed by atoms with Gasteiger partial charge in [0.1, 0.15) is 17.5 Å². The van der Waals surface area contributed by atoms with Gasteiger partial charge in [-0.15, -0.1) is 0 Å². The molecule has 3 atom stereocenters.